The van der Waals surface area contributed by atoms with Crippen LogP contribution in [0.5, 0.6) is 0 Å². The van der Waals surface area contributed by atoms with Crippen LogP contribution in [0.25, 0.3) is 0 Å². The Morgan fingerprint density at radius 2 is 2.00 bits per heavy atom. The maximum Gasteiger partial charge on any atom is 0.244 e. The maximum absolute atomic E-state index is 14.2. The van der Waals surface area contributed by atoms with Gasteiger partial charge in [0.05, 0.1) is 6.20 Å². The lowest BCUT2D eigenvalue weighted by atomic mass is 10.0. The standard InChI is InChI=1S/C18H25FN4O/c1-5-22(12-14-11-20-23(6-2)13-14)18(24)17(21(3)4)15-9-7-8-10-16(15)19/h7-11,13,17H,5-6,12H2,1-4H3. The molecule has 1 heterocycles. The Labute approximate surface area is 142 Å². The van der Waals surface area contributed by atoms with Crippen LogP contribution in [0.4, 0.5) is 4.39 Å². The van der Waals surface area contributed by atoms with Crippen LogP contribution in [-0.2, 0) is 17.9 Å². The number of aromatic nitrogens is 2. The third-order valence-corrected chi connectivity index (χ3v) is 4.03. The van der Waals surface area contributed by atoms with Gasteiger partial charge in [-0.25, -0.2) is 4.39 Å². The summed E-state index contributed by atoms with van der Waals surface area (Å²) in [6.45, 7) is 5.74. The van der Waals surface area contributed by atoms with E-state index >= 15 is 0 Å². The summed E-state index contributed by atoms with van der Waals surface area (Å²) in [6.07, 6.45) is 3.71. The van der Waals surface area contributed by atoms with E-state index < -0.39 is 6.04 Å². The van der Waals surface area contributed by atoms with Crippen molar-refractivity contribution in [2.24, 2.45) is 0 Å². The van der Waals surface area contributed by atoms with Gasteiger partial charge in [-0.1, -0.05) is 18.2 Å². The molecule has 0 radical (unpaired) electrons. The molecule has 2 aromatic rings. The maximum atomic E-state index is 14.2. The van der Waals surface area contributed by atoms with E-state index in [1.807, 2.05) is 24.7 Å². The van der Waals surface area contributed by atoms with Gasteiger partial charge in [-0.3, -0.25) is 14.4 Å². The van der Waals surface area contributed by atoms with E-state index in [2.05, 4.69) is 5.10 Å². The van der Waals surface area contributed by atoms with Gasteiger partial charge < -0.3 is 4.90 Å². The molecule has 0 spiro atoms. The van der Waals surface area contributed by atoms with Gasteiger partial charge in [0.1, 0.15) is 11.9 Å². The van der Waals surface area contributed by atoms with Crippen LogP contribution in [0.15, 0.2) is 36.7 Å². The van der Waals surface area contributed by atoms with Gasteiger partial charge >= 0.3 is 0 Å². The summed E-state index contributed by atoms with van der Waals surface area (Å²) in [5.41, 5.74) is 1.37. The van der Waals surface area contributed by atoms with Crippen molar-refractivity contribution in [1.29, 1.82) is 0 Å². The van der Waals surface area contributed by atoms with Crippen LogP contribution in [0, 0.1) is 5.82 Å². The molecule has 2 rings (SSSR count). The lowest BCUT2D eigenvalue weighted by Crippen LogP contribution is -2.40. The van der Waals surface area contributed by atoms with Crippen LogP contribution < -0.4 is 0 Å². The van der Waals surface area contributed by atoms with Gasteiger partial charge in [-0.2, -0.15) is 5.10 Å². The Morgan fingerprint density at radius 3 is 2.54 bits per heavy atom. The highest BCUT2D eigenvalue weighted by molar-refractivity contribution is 5.83. The quantitative estimate of drug-likeness (QED) is 0.783. The first-order valence-electron chi connectivity index (χ1n) is 8.18. The lowest BCUT2D eigenvalue weighted by molar-refractivity contribution is -0.136. The van der Waals surface area contributed by atoms with Crippen molar-refractivity contribution in [1.82, 2.24) is 19.6 Å². The number of rotatable bonds is 7. The molecule has 1 amide bonds. The molecule has 0 aliphatic heterocycles. The molecular formula is C18H25FN4O. The molecule has 0 bridgehead atoms. The number of halogens is 1. The third kappa shape index (κ3) is 4.00. The van der Waals surface area contributed by atoms with Crippen molar-refractivity contribution in [3.8, 4) is 0 Å². The zero-order chi connectivity index (χ0) is 17.7. The van der Waals surface area contributed by atoms with Crippen molar-refractivity contribution in [3.05, 3.63) is 53.6 Å². The van der Waals surface area contributed by atoms with Crippen molar-refractivity contribution in [2.45, 2.75) is 33.0 Å². The summed E-state index contributed by atoms with van der Waals surface area (Å²) in [6, 6.07) is 5.80. The molecule has 5 nitrogen and oxygen atoms in total. The minimum Gasteiger partial charge on any atom is -0.337 e. The number of hydrogen-bond donors (Lipinski definition) is 0. The molecule has 1 unspecified atom stereocenters. The first-order chi connectivity index (χ1) is 11.5. The molecule has 130 valence electrons. The van der Waals surface area contributed by atoms with Crippen molar-refractivity contribution >= 4 is 5.91 Å². The number of benzene rings is 1. The smallest absolute Gasteiger partial charge is 0.244 e. The Hall–Kier alpha value is -2.21. The Kier molecular flexibility index (Phi) is 6.09. The second-order valence-corrected chi connectivity index (χ2v) is 5.94. The SMILES string of the molecule is CCN(Cc1cnn(CC)c1)C(=O)C(c1ccccc1F)N(C)C. The molecule has 1 aromatic heterocycles. The largest absolute Gasteiger partial charge is 0.337 e. The second-order valence-electron chi connectivity index (χ2n) is 5.94. The average molecular weight is 332 g/mol. The lowest BCUT2D eigenvalue weighted by Gasteiger charge is -2.30. The molecule has 1 aromatic carbocycles. The summed E-state index contributed by atoms with van der Waals surface area (Å²) in [7, 11) is 3.58. The minimum absolute atomic E-state index is 0.114. The summed E-state index contributed by atoms with van der Waals surface area (Å²) in [5, 5.41) is 4.24. The average Bonchev–Trinajstić information content (AvgIpc) is 3.02. The zero-order valence-electron chi connectivity index (χ0n) is 14.7. The summed E-state index contributed by atoms with van der Waals surface area (Å²) >= 11 is 0. The normalized spacial score (nSPS) is 12.4. The molecule has 6 heteroatoms. The molecular weight excluding hydrogens is 307 g/mol. The van der Waals surface area contributed by atoms with Gasteiger partial charge in [0, 0.05) is 37.0 Å². The van der Waals surface area contributed by atoms with Crippen molar-refractivity contribution in [2.75, 3.05) is 20.6 Å². The van der Waals surface area contributed by atoms with Gasteiger partial charge in [0.25, 0.3) is 0 Å². The number of carbonyl (C=O) groups excluding carboxylic acids is 1. The van der Waals surface area contributed by atoms with E-state index in [0.717, 1.165) is 12.1 Å². The monoisotopic (exact) mass is 332 g/mol. The van der Waals surface area contributed by atoms with Crippen LogP contribution in [0.1, 0.15) is 31.0 Å². The number of likely N-dealkylation sites (N-methyl/N-ethyl adjacent to an activating group) is 2. The molecule has 0 fully saturated rings. The zero-order valence-corrected chi connectivity index (χ0v) is 14.7. The first-order valence-corrected chi connectivity index (χ1v) is 8.18. The molecule has 1 atom stereocenters. The molecule has 0 aliphatic carbocycles. The van der Waals surface area contributed by atoms with Gasteiger partial charge in [-0.05, 0) is 34.0 Å². The fourth-order valence-corrected chi connectivity index (χ4v) is 2.73. The predicted octanol–water partition coefficient (Wildman–Crippen LogP) is 2.69. The summed E-state index contributed by atoms with van der Waals surface area (Å²) < 4.78 is 16.0. The van der Waals surface area contributed by atoms with Crippen molar-refractivity contribution in [3.63, 3.8) is 0 Å². The topological polar surface area (TPSA) is 41.4 Å². The highest BCUT2D eigenvalue weighted by atomic mass is 19.1. The van der Waals surface area contributed by atoms with Crippen LogP contribution >= 0.6 is 0 Å². The predicted molar refractivity (Wildman–Crippen MR) is 91.8 cm³/mol. The Balaban J connectivity index is 2.25. The van der Waals surface area contributed by atoms with Crippen LogP contribution in [0.3, 0.4) is 0 Å². The van der Waals surface area contributed by atoms with E-state index in [-0.39, 0.29) is 11.7 Å². The molecule has 0 saturated carbocycles. The molecule has 0 saturated heterocycles. The number of amides is 1. The second kappa shape index (κ2) is 8.06. The van der Waals surface area contributed by atoms with E-state index in [0.29, 0.717) is 18.7 Å². The Bertz CT molecular complexity index is 683. The van der Waals surface area contributed by atoms with E-state index in [9.17, 15) is 9.18 Å². The fraction of sp³-hybridized carbons (Fsp3) is 0.444. The summed E-state index contributed by atoms with van der Waals surface area (Å²) in [5.74, 6) is -0.476. The third-order valence-electron chi connectivity index (χ3n) is 4.03. The highest BCUT2D eigenvalue weighted by Gasteiger charge is 2.29. The van der Waals surface area contributed by atoms with Crippen LogP contribution in [0.2, 0.25) is 0 Å². The fourth-order valence-electron chi connectivity index (χ4n) is 2.73. The van der Waals surface area contributed by atoms with Crippen LogP contribution in [-0.4, -0.2) is 46.1 Å². The number of nitrogens with zero attached hydrogens (tertiary/aromatic N) is 4. The highest BCUT2D eigenvalue weighted by Crippen LogP contribution is 2.24. The number of aryl methyl sites for hydroxylation is 1. The van der Waals surface area contributed by atoms with Gasteiger partial charge in [0.15, 0.2) is 0 Å². The molecule has 0 aliphatic rings. The minimum atomic E-state index is -0.646. The summed E-state index contributed by atoms with van der Waals surface area (Å²) in [4.78, 5) is 16.5. The molecule has 24 heavy (non-hydrogen) atoms. The van der Waals surface area contributed by atoms with Crippen molar-refractivity contribution < 1.29 is 9.18 Å². The Morgan fingerprint density at radius 1 is 1.29 bits per heavy atom. The number of hydrogen-bond acceptors (Lipinski definition) is 3. The molecule has 0 N–H and O–H groups in total. The first kappa shape index (κ1) is 18.1. The van der Waals surface area contributed by atoms with Gasteiger partial charge in [-0.15, -0.1) is 0 Å². The van der Waals surface area contributed by atoms with E-state index in [4.69, 9.17) is 0 Å². The van der Waals surface area contributed by atoms with Gasteiger partial charge in [0.2, 0.25) is 5.91 Å². The number of carbonyl (C=O) groups is 1. The van der Waals surface area contributed by atoms with E-state index in [1.165, 1.54) is 6.07 Å². The van der Waals surface area contributed by atoms with E-state index in [1.54, 1.807) is 48.3 Å².